The van der Waals surface area contributed by atoms with Gasteiger partial charge >= 0.3 is 0 Å². The molecule has 0 saturated heterocycles. The summed E-state index contributed by atoms with van der Waals surface area (Å²) in [5.41, 5.74) is 0. The SMILES string of the molecule is CCNC(=O)COCC(=O)NCCCOCCCNC(C)=O. The average molecular weight is 317 g/mol. The van der Waals surface area contributed by atoms with Crippen LogP contribution in [0.15, 0.2) is 0 Å². The summed E-state index contributed by atoms with van der Waals surface area (Å²) in [6.07, 6.45) is 1.46. The van der Waals surface area contributed by atoms with Gasteiger partial charge in [-0.2, -0.15) is 0 Å². The van der Waals surface area contributed by atoms with Gasteiger partial charge in [0.15, 0.2) is 0 Å². The molecule has 3 N–H and O–H groups in total. The van der Waals surface area contributed by atoms with Crippen molar-refractivity contribution in [1.29, 1.82) is 0 Å². The van der Waals surface area contributed by atoms with Crippen molar-refractivity contribution in [3.05, 3.63) is 0 Å². The summed E-state index contributed by atoms with van der Waals surface area (Å²) in [6.45, 7) is 5.80. The molecular formula is C14H27N3O5. The first-order chi connectivity index (χ1) is 10.6. The molecule has 128 valence electrons. The lowest BCUT2D eigenvalue weighted by Gasteiger charge is -2.07. The predicted molar refractivity (Wildman–Crippen MR) is 81.2 cm³/mol. The van der Waals surface area contributed by atoms with Crippen LogP contribution in [-0.2, 0) is 23.9 Å². The number of amides is 3. The molecule has 0 aliphatic carbocycles. The molecule has 0 rings (SSSR count). The minimum atomic E-state index is -0.255. The summed E-state index contributed by atoms with van der Waals surface area (Å²) in [4.78, 5) is 33.0. The van der Waals surface area contributed by atoms with Crippen molar-refractivity contribution >= 4 is 17.7 Å². The van der Waals surface area contributed by atoms with E-state index in [9.17, 15) is 14.4 Å². The van der Waals surface area contributed by atoms with Gasteiger partial charge in [-0.05, 0) is 19.8 Å². The lowest BCUT2D eigenvalue weighted by Crippen LogP contribution is -2.32. The molecule has 3 amide bonds. The van der Waals surface area contributed by atoms with Crippen LogP contribution in [0.25, 0.3) is 0 Å². The fourth-order valence-corrected chi connectivity index (χ4v) is 1.48. The van der Waals surface area contributed by atoms with Gasteiger partial charge in [-0.1, -0.05) is 0 Å². The highest BCUT2D eigenvalue weighted by molar-refractivity contribution is 5.79. The quantitative estimate of drug-likeness (QED) is 0.385. The molecule has 0 aromatic rings. The monoisotopic (exact) mass is 317 g/mol. The van der Waals surface area contributed by atoms with Crippen molar-refractivity contribution in [3.63, 3.8) is 0 Å². The molecule has 8 heteroatoms. The van der Waals surface area contributed by atoms with Gasteiger partial charge in [-0.3, -0.25) is 14.4 Å². The van der Waals surface area contributed by atoms with Gasteiger partial charge in [0.25, 0.3) is 0 Å². The molecule has 22 heavy (non-hydrogen) atoms. The molecule has 8 nitrogen and oxygen atoms in total. The summed E-state index contributed by atoms with van der Waals surface area (Å²) in [5.74, 6) is -0.532. The fourth-order valence-electron chi connectivity index (χ4n) is 1.48. The van der Waals surface area contributed by atoms with Gasteiger partial charge in [0.05, 0.1) is 0 Å². The number of rotatable bonds is 13. The second-order valence-corrected chi connectivity index (χ2v) is 4.60. The molecule has 0 atom stereocenters. The molecule has 0 bridgehead atoms. The Bertz CT molecular complexity index is 336. The number of hydrogen-bond donors (Lipinski definition) is 3. The second-order valence-electron chi connectivity index (χ2n) is 4.60. The zero-order valence-corrected chi connectivity index (χ0v) is 13.4. The smallest absolute Gasteiger partial charge is 0.246 e. The Hall–Kier alpha value is -1.67. The first-order valence-electron chi connectivity index (χ1n) is 7.49. The van der Waals surface area contributed by atoms with Gasteiger partial charge < -0.3 is 25.4 Å². The zero-order valence-electron chi connectivity index (χ0n) is 13.4. The molecule has 0 aliphatic heterocycles. The van der Waals surface area contributed by atoms with Gasteiger partial charge in [-0.15, -0.1) is 0 Å². The van der Waals surface area contributed by atoms with Gasteiger partial charge in [0.2, 0.25) is 17.7 Å². The summed E-state index contributed by atoms with van der Waals surface area (Å²) in [5, 5.41) is 7.92. The first kappa shape index (κ1) is 20.3. The van der Waals surface area contributed by atoms with Crippen LogP contribution in [0.5, 0.6) is 0 Å². The van der Waals surface area contributed by atoms with Crippen molar-refractivity contribution in [1.82, 2.24) is 16.0 Å². The molecule has 0 fully saturated rings. The standard InChI is InChI=1S/C14H27N3O5/c1-3-15-13(19)10-22-11-14(20)17-7-5-9-21-8-4-6-16-12(2)18/h3-11H2,1-2H3,(H,15,19)(H,16,18)(H,17,20). The summed E-state index contributed by atoms with van der Waals surface area (Å²) in [6, 6.07) is 0. The van der Waals surface area contributed by atoms with E-state index >= 15 is 0 Å². The zero-order chi connectivity index (χ0) is 16.6. The van der Waals surface area contributed by atoms with E-state index < -0.39 is 0 Å². The number of carbonyl (C=O) groups is 3. The van der Waals surface area contributed by atoms with Crippen LogP contribution < -0.4 is 16.0 Å². The van der Waals surface area contributed by atoms with E-state index in [0.717, 1.165) is 6.42 Å². The molecule has 0 radical (unpaired) electrons. The number of nitrogens with one attached hydrogen (secondary N) is 3. The van der Waals surface area contributed by atoms with Crippen molar-refractivity contribution < 1.29 is 23.9 Å². The Labute approximate surface area is 131 Å². The summed E-state index contributed by atoms with van der Waals surface area (Å²) < 4.78 is 10.3. The number of hydrogen-bond acceptors (Lipinski definition) is 5. The van der Waals surface area contributed by atoms with Crippen molar-refractivity contribution in [2.45, 2.75) is 26.7 Å². The molecule has 0 unspecified atom stereocenters. The van der Waals surface area contributed by atoms with Gasteiger partial charge in [0, 0.05) is 39.8 Å². The highest BCUT2D eigenvalue weighted by Crippen LogP contribution is 1.85. The highest BCUT2D eigenvalue weighted by atomic mass is 16.5. The van der Waals surface area contributed by atoms with Crippen molar-refractivity contribution in [2.24, 2.45) is 0 Å². The molecule has 0 aliphatic rings. The van der Waals surface area contributed by atoms with Crippen LogP contribution >= 0.6 is 0 Å². The van der Waals surface area contributed by atoms with Crippen molar-refractivity contribution in [2.75, 3.05) is 46.1 Å². The minimum absolute atomic E-state index is 0.0443. The van der Waals surface area contributed by atoms with Gasteiger partial charge in [0.1, 0.15) is 13.2 Å². The van der Waals surface area contributed by atoms with E-state index in [-0.39, 0.29) is 30.9 Å². The molecule has 0 aromatic carbocycles. The molecule has 0 spiro atoms. The maximum absolute atomic E-state index is 11.4. The highest BCUT2D eigenvalue weighted by Gasteiger charge is 2.03. The van der Waals surface area contributed by atoms with E-state index in [1.165, 1.54) is 6.92 Å². The van der Waals surface area contributed by atoms with Crippen LogP contribution in [0.3, 0.4) is 0 Å². The fraction of sp³-hybridized carbons (Fsp3) is 0.786. The Morgan fingerprint density at radius 2 is 1.36 bits per heavy atom. The number of carbonyl (C=O) groups excluding carboxylic acids is 3. The average Bonchev–Trinajstić information content (AvgIpc) is 2.45. The lowest BCUT2D eigenvalue weighted by molar-refractivity contribution is -0.131. The Morgan fingerprint density at radius 1 is 0.818 bits per heavy atom. The third-order valence-corrected chi connectivity index (χ3v) is 2.47. The van der Waals surface area contributed by atoms with Crippen LogP contribution in [0.2, 0.25) is 0 Å². The molecule has 0 aromatic heterocycles. The summed E-state index contributed by atoms with van der Waals surface area (Å²) in [7, 11) is 0. The second kappa shape index (κ2) is 14.3. The number of likely N-dealkylation sites (N-methyl/N-ethyl adjacent to an activating group) is 1. The molecule has 0 heterocycles. The number of ether oxygens (including phenoxy) is 2. The van der Waals surface area contributed by atoms with Crippen LogP contribution in [0.1, 0.15) is 26.7 Å². The molecular weight excluding hydrogens is 290 g/mol. The topological polar surface area (TPSA) is 106 Å². The van der Waals surface area contributed by atoms with Crippen LogP contribution in [-0.4, -0.2) is 63.8 Å². The maximum atomic E-state index is 11.4. The lowest BCUT2D eigenvalue weighted by atomic mass is 10.4. The first-order valence-corrected chi connectivity index (χ1v) is 7.49. The Kier molecular flexibility index (Phi) is 13.2. The third kappa shape index (κ3) is 14.7. The van der Waals surface area contributed by atoms with E-state index in [2.05, 4.69) is 16.0 Å². The van der Waals surface area contributed by atoms with E-state index in [4.69, 9.17) is 9.47 Å². The minimum Gasteiger partial charge on any atom is -0.381 e. The van der Waals surface area contributed by atoms with Gasteiger partial charge in [-0.25, -0.2) is 0 Å². The molecule has 0 saturated carbocycles. The van der Waals surface area contributed by atoms with Crippen LogP contribution in [0, 0.1) is 0 Å². The van der Waals surface area contributed by atoms with Crippen LogP contribution in [0.4, 0.5) is 0 Å². The Morgan fingerprint density at radius 3 is 1.91 bits per heavy atom. The maximum Gasteiger partial charge on any atom is 0.246 e. The third-order valence-electron chi connectivity index (χ3n) is 2.47. The largest absolute Gasteiger partial charge is 0.381 e. The van der Waals surface area contributed by atoms with E-state index in [1.54, 1.807) is 0 Å². The predicted octanol–water partition coefficient (Wildman–Crippen LogP) is -0.812. The normalized spacial score (nSPS) is 10.1. The van der Waals surface area contributed by atoms with E-state index in [1.807, 2.05) is 6.92 Å². The van der Waals surface area contributed by atoms with E-state index in [0.29, 0.717) is 39.3 Å². The Balaban J connectivity index is 3.28. The van der Waals surface area contributed by atoms with Crippen molar-refractivity contribution in [3.8, 4) is 0 Å². The summed E-state index contributed by atoms with van der Waals surface area (Å²) >= 11 is 0.